The molecule has 0 spiro atoms. The van der Waals surface area contributed by atoms with Crippen molar-refractivity contribution < 1.29 is 13.9 Å². The molecular formula is C18H27FN2O2. The predicted octanol–water partition coefficient (Wildman–Crippen LogP) is 3.10. The topological polar surface area (TPSA) is 41.6 Å². The van der Waals surface area contributed by atoms with Crippen LogP contribution in [0.15, 0.2) is 18.2 Å². The first-order valence-electron chi connectivity index (χ1n) is 8.30. The summed E-state index contributed by atoms with van der Waals surface area (Å²) in [5, 5.41) is 2.83. The Labute approximate surface area is 138 Å². The highest BCUT2D eigenvalue weighted by atomic mass is 19.1. The van der Waals surface area contributed by atoms with Gasteiger partial charge in [-0.25, -0.2) is 4.39 Å². The van der Waals surface area contributed by atoms with Crippen molar-refractivity contribution in [1.82, 2.24) is 5.32 Å². The van der Waals surface area contributed by atoms with Crippen LogP contribution in [-0.2, 0) is 16.1 Å². The normalized spacial score (nSPS) is 21.6. The minimum atomic E-state index is -0.248. The average Bonchev–Trinajstić information content (AvgIpc) is 2.43. The number of ether oxygens (including phenoxy) is 1. The van der Waals surface area contributed by atoms with Crippen molar-refractivity contribution in [2.45, 2.75) is 52.9 Å². The van der Waals surface area contributed by atoms with Crippen molar-refractivity contribution in [3.05, 3.63) is 29.6 Å². The Hall–Kier alpha value is -1.62. The molecule has 1 fully saturated rings. The van der Waals surface area contributed by atoms with Gasteiger partial charge in [-0.3, -0.25) is 4.79 Å². The van der Waals surface area contributed by atoms with E-state index in [9.17, 15) is 9.18 Å². The second kappa shape index (κ2) is 7.77. The van der Waals surface area contributed by atoms with Gasteiger partial charge in [0.1, 0.15) is 5.82 Å². The van der Waals surface area contributed by atoms with Crippen LogP contribution in [0.4, 0.5) is 10.1 Å². The summed E-state index contributed by atoms with van der Waals surface area (Å²) in [6.45, 7) is 9.73. The molecule has 2 rings (SSSR count). The minimum absolute atomic E-state index is 0.000290. The highest BCUT2D eigenvalue weighted by Gasteiger charge is 2.24. The highest BCUT2D eigenvalue weighted by Crippen LogP contribution is 2.24. The third-order valence-electron chi connectivity index (χ3n) is 3.86. The van der Waals surface area contributed by atoms with E-state index in [2.05, 4.69) is 5.32 Å². The molecular weight excluding hydrogens is 295 g/mol. The van der Waals surface area contributed by atoms with E-state index < -0.39 is 0 Å². The summed E-state index contributed by atoms with van der Waals surface area (Å²) in [7, 11) is 0. The monoisotopic (exact) mass is 322 g/mol. The molecule has 2 atom stereocenters. The van der Waals surface area contributed by atoms with E-state index in [0.29, 0.717) is 37.7 Å². The number of nitrogens with one attached hydrogen (secondary N) is 1. The molecule has 23 heavy (non-hydrogen) atoms. The molecule has 1 aromatic carbocycles. The Morgan fingerprint density at radius 3 is 2.57 bits per heavy atom. The third-order valence-corrected chi connectivity index (χ3v) is 3.86. The first-order chi connectivity index (χ1) is 10.8. The highest BCUT2D eigenvalue weighted by molar-refractivity contribution is 5.76. The Morgan fingerprint density at radius 2 is 2.00 bits per heavy atom. The van der Waals surface area contributed by atoms with E-state index in [1.54, 1.807) is 6.07 Å². The van der Waals surface area contributed by atoms with Gasteiger partial charge < -0.3 is 15.0 Å². The van der Waals surface area contributed by atoms with Crippen LogP contribution in [0.1, 0.15) is 39.7 Å². The molecule has 1 saturated heterocycles. The number of nitrogens with zero attached hydrogens (tertiary/aromatic N) is 1. The summed E-state index contributed by atoms with van der Waals surface area (Å²) in [6, 6.07) is 5.18. The number of benzene rings is 1. The van der Waals surface area contributed by atoms with Crippen molar-refractivity contribution in [1.29, 1.82) is 0 Å². The van der Waals surface area contributed by atoms with E-state index in [-0.39, 0.29) is 23.9 Å². The molecule has 1 amide bonds. The molecule has 0 saturated carbocycles. The summed E-state index contributed by atoms with van der Waals surface area (Å²) in [6.07, 6.45) is 0.672. The summed E-state index contributed by atoms with van der Waals surface area (Å²) in [5.74, 6) is 0.0710. The van der Waals surface area contributed by atoms with Gasteiger partial charge in [-0.2, -0.15) is 0 Å². The van der Waals surface area contributed by atoms with Gasteiger partial charge in [-0.15, -0.1) is 0 Å². The number of carbonyl (C=O) groups is 1. The van der Waals surface area contributed by atoms with E-state index in [0.717, 1.165) is 5.56 Å². The quantitative estimate of drug-likeness (QED) is 0.906. The lowest BCUT2D eigenvalue weighted by atomic mass is 10.1. The maximum atomic E-state index is 14.4. The molecule has 0 aromatic heterocycles. The zero-order valence-electron chi connectivity index (χ0n) is 14.4. The first-order valence-corrected chi connectivity index (χ1v) is 8.30. The van der Waals surface area contributed by atoms with Crippen molar-refractivity contribution in [2.75, 3.05) is 18.0 Å². The molecule has 1 N–H and O–H groups in total. The Kier molecular flexibility index (Phi) is 5.99. The number of amides is 1. The van der Waals surface area contributed by atoms with E-state index in [1.165, 1.54) is 6.07 Å². The van der Waals surface area contributed by atoms with Gasteiger partial charge in [-0.05, 0) is 37.5 Å². The maximum absolute atomic E-state index is 14.4. The summed E-state index contributed by atoms with van der Waals surface area (Å²) in [5.41, 5.74) is 1.38. The number of morpholine rings is 1. The van der Waals surface area contributed by atoms with Crippen LogP contribution in [0.3, 0.4) is 0 Å². The van der Waals surface area contributed by atoms with Crippen LogP contribution in [0.5, 0.6) is 0 Å². The summed E-state index contributed by atoms with van der Waals surface area (Å²) >= 11 is 0. The Morgan fingerprint density at radius 1 is 1.35 bits per heavy atom. The van der Waals surface area contributed by atoms with Gasteiger partial charge in [0.2, 0.25) is 5.91 Å². The SMILES string of the molecule is CC(C)CC(=O)NCc1ccc(N2C[C@@H](C)O[C@@H](C)C2)c(F)c1. The first kappa shape index (κ1) is 17.7. The van der Waals surface area contributed by atoms with Crippen LogP contribution in [0.2, 0.25) is 0 Å². The van der Waals surface area contributed by atoms with Gasteiger partial charge in [0.15, 0.2) is 0 Å². The molecule has 1 heterocycles. The molecule has 0 unspecified atom stereocenters. The van der Waals surface area contributed by atoms with Crippen LogP contribution < -0.4 is 10.2 Å². The second-order valence-electron chi connectivity index (χ2n) is 6.82. The standard InChI is InChI=1S/C18H27FN2O2/c1-12(2)7-18(22)20-9-15-5-6-17(16(19)8-15)21-10-13(3)23-14(4)11-21/h5-6,8,12-14H,7,9-11H2,1-4H3,(H,20,22)/t13-,14+. The fourth-order valence-electron chi connectivity index (χ4n) is 2.94. The van der Waals surface area contributed by atoms with Gasteiger partial charge in [0.05, 0.1) is 17.9 Å². The smallest absolute Gasteiger partial charge is 0.220 e. The maximum Gasteiger partial charge on any atom is 0.220 e. The van der Waals surface area contributed by atoms with Gasteiger partial charge >= 0.3 is 0 Å². The third kappa shape index (κ3) is 5.20. The van der Waals surface area contributed by atoms with Crippen LogP contribution in [0.25, 0.3) is 0 Å². The second-order valence-corrected chi connectivity index (χ2v) is 6.82. The van der Waals surface area contributed by atoms with E-state index in [1.807, 2.05) is 38.7 Å². The minimum Gasteiger partial charge on any atom is -0.372 e. The van der Waals surface area contributed by atoms with Crippen molar-refractivity contribution in [3.8, 4) is 0 Å². The fourth-order valence-corrected chi connectivity index (χ4v) is 2.94. The Balaban J connectivity index is 1.99. The van der Waals surface area contributed by atoms with Crippen LogP contribution in [-0.4, -0.2) is 31.2 Å². The number of carbonyl (C=O) groups excluding carboxylic acids is 1. The summed E-state index contributed by atoms with van der Waals surface area (Å²) in [4.78, 5) is 13.7. The van der Waals surface area contributed by atoms with E-state index in [4.69, 9.17) is 4.74 Å². The van der Waals surface area contributed by atoms with Gasteiger partial charge in [0, 0.05) is 26.1 Å². The number of hydrogen-bond acceptors (Lipinski definition) is 3. The molecule has 4 nitrogen and oxygen atoms in total. The Bertz CT molecular complexity index is 538. The van der Waals surface area contributed by atoms with Crippen molar-refractivity contribution in [2.24, 2.45) is 5.92 Å². The molecule has 1 aromatic rings. The molecule has 0 aliphatic carbocycles. The van der Waals surface area contributed by atoms with Gasteiger partial charge in [-0.1, -0.05) is 19.9 Å². The lowest BCUT2D eigenvalue weighted by Gasteiger charge is -2.37. The predicted molar refractivity (Wildman–Crippen MR) is 89.9 cm³/mol. The molecule has 1 aliphatic rings. The van der Waals surface area contributed by atoms with E-state index >= 15 is 0 Å². The number of anilines is 1. The number of hydrogen-bond donors (Lipinski definition) is 1. The fraction of sp³-hybridized carbons (Fsp3) is 0.611. The van der Waals surface area contributed by atoms with Crippen LogP contribution in [0, 0.1) is 11.7 Å². The van der Waals surface area contributed by atoms with Crippen LogP contribution >= 0.6 is 0 Å². The van der Waals surface area contributed by atoms with Gasteiger partial charge in [0.25, 0.3) is 0 Å². The average molecular weight is 322 g/mol. The largest absolute Gasteiger partial charge is 0.372 e. The molecule has 0 radical (unpaired) electrons. The number of rotatable bonds is 5. The number of halogens is 1. The molecule has 1 aliphatic heterocycles. The molecule has 128 valence electrons. The zero-order valence-corrected chi connectivity index (χ0v) is 14.4. The lowest BCUT2D eigenvalue weighted by molar-refractivity contribution is -0.121. The van der Waals surface area contributed by atoms with Crippen molar-refractivity contribution >= 4 is 11.6 Å². The zero-order chi connectivity index (χ0) is 17.0. The lowest BCUT2D eigenvalue weighted by Crippen LogP contribution is -2.45. The molecule has 5 heteroatoms. The van der Waals surface area contributed by atoms with Crippen molar-refractivity contribution in [3.63, 3.8) is 0 Å². The summed E-state index contributed by atoms with van der Waals surface area (Å²) < 4.78 is 20.1. The molecule has 0 bridgehead atoms.